The summed E-state index contributed by atoms with van der Waals surface area (Å²) in [6, 6.07) is 0. The van der Waals surface area contributed by atoms with E-state index in [-0.39, 0.29) is 11.9 Å². The second kappa shape index (κ2) is 21.5. The smallest absolute Gasteiger partial charge is 0.333 e. The van der Waals surface area contributed by atoms with Crippen molar-refractivity contribution in [3.05, 3.63) is 93.2 Å². The highest BCUT2D eigenvalue weighted by atomic mass is 16.5. The van der Waals surface area contributed by atoms with Gasteiger partial charge >= 0.3 is 11.9 Å². The summed E-state index contributed by atoms with van der Waals surface area (Å²) >= 11 is 0. The highest BCUT2D eigenvalue weighted by molar-refractivity contribution is 5.89. The molecule has 0 aromatic rings. The first kappa shape index (κ1) is 36.9. The lowest BCUT2D eigenvalue weighted by Gasteiger charge is -2.13. The van der Waals surface area contributed by atoms with E-state index in [0.717, 1.165) is 81.8 Å². The number of ether oxygens (including phenoxy) is 2. The zero-order chi connectivity index (χ0) is 31.3. The summed E-state index contributed by atoms with van der Waals surface area (Å²) in [4.78, 5) is 22.9. The van der Waals surface area contributed by atoms with Gasteiger partial charge in [0.2, 0.25) is 0 Å². The minimum Gasteiger partial charge on any atom is -0.466 e. The maximum Gasteiger partial charge on any atom is 0.333 e. The molecule has 2 rings (SSSR count). The molecule has 0 aromatic carbocycles. The van der Waals surface area contributed by atoms with Gasteiger partial charge in [0.1, 0.15) is 0 Å². The molecule has 0 aliphatic heterocycles. The van der Waals surface area contributed by atoms with Gasteiger partial charge in [-0.05, 0) is 112 Å². The van der Waals surface area contributed by atoms with Gasteiger partial charge < -0.3 is 9.47 Å². The van der Waals surface area contributed by atoms with Crippen LogP contribution < -0.4 is 0 Å². The van der Waals surface area contributed by atoms with Crippen LogP contribution in [0.1, 0.15) is 119 Å². The molecule has 232 valence electrons. The lowest BCUT2D eigenvalue weighted by atomic mass is 9.94. The molecule has 0 aromatic heterocycles. The van der Waals surface area contributed by atoms with E-state index in [4.69, 9.17) is 9.47 Å². The summed E-state index contributed by atoms with van der Waals surface area (Å²) in [6.45, 7) is 13.0. The Balaban J connectivity index is 0.000000420. The first-order chi connectivity index (χ1) is 20.0. The zero-order valence-electron chi connectivity index (χ0n) is 27.7. The molecular formula is C38H56O4. The minimum absolute atomic E-state index is 0.186. The van der Waals surface area contributed by atoms with Crippen LogP contribution in [0.15, 0.2) is 93.2 Å². The third kappa shape index (κ3) is 17.0. The van der Waals surface area contributed by atoms with E-state index in [2.05, 4.69) is 78.0 Å². The third-order valence-electron chi connectivity index (χ3n) is 7.40. The number of hydrogen-bond acceptors (Lipinski definition) is 4. The molecule has 0 N–H and O–H groups in total. The van der Waals surface area contributed by atoms with Crippen LogP contribution >= 0.6 is 0 Å². The van der Waals surface area contributed by atoms with Crippen LogP contribution in [0.2, 0.25) is 0 Å². The fraction of sp³-hybridized carbons (Fsp3) is 0.526. The zero-order valence-corrected chi connectivity index (χ0v) is 27.7. The number of esters is 2. The SMILES string of the molecule is COC(=O)C1=CCC(CC/C=C(\C)CCC=C(C)C)=CC1.COC(=O)C1=CCC=C(CC/C=C(\C)CCC=C(C)C)C1. The van der Waals surface area contributed by atoms with Gasteiger partial charge in [-0.2, -0.15) is 0 Å². The van der Waals surface area contributed by atoms with Gasteiger partial charge in [0.05, 0.1) is 14.2 Å². The first-order valence-corrected chi connectivity index (χ1v) is 15.5. The quantitative estimate of drug-likeness (QED) is 0.152. The van der Waals surface area contributed by atoms with E-state index in [1.807, 2.05) is 12.2 Å². The van der Waals surface area contributed by atoms with Gasteiger partial charge in [0, 0.05) is 17.6 Å². The normalized spacial score (nSPS) is 15.1. The molecule has 0 spiro atoms. The summed E-state index contributed by atoms with van der Waals surface area (Å²) in [5.41, 5.74) is 10.1. The number of rotatable bonds is 14. The summed E-state index contributed by atoms with van der Waals surface area (Å²) in [5.74, 6) is -0.380. The number of allylic oxidation sites excluding steroid dienone is 14. The molecule has 0 bridgehead atoms. The van der Waals surface area contributed by atoms with Gasteiger partial charge in [0.25, 0.3) is 0 Å². The molecular weight excluding hydrogens is 520 g/mol. The molecule has 2 aliphatic rings. The van der Waals surface area contributed by atoms with Crippen molar-refractivity contribution in [3.8, 4) is 0 Å². The predicted molar refractivity (Wildman–Crippen MR) is 178 cm³/mol. The Morgan fingerprint density at radius 1 is 0.619 bits per heavy atom. The topological polar surface area (TPSA) is 52.6 Å². The molecule has 0 amide bonds. The standard InChI is InChI=1S/2C19H28O2/c1-15(2)8-5-9-16(3)10-6-11-17-12-7-13-18(14-17)19(20)21-4;1-15(2)7-5-8-16(3)9-6-10-17-11-13-18(14-12-17)19(20)21-4/h8,10,12-13H,5-7,9,11,14H2,1-4H3;7,9,11,14H,5-6,8,10,12-13H2,1-4H3/b16-10+;16-9+. The second-order valence-corrected chi connectivity index (χ2v) is 11.8. The van der Waals surface area contributed by atoms with Crippen LogP contribution in [0.25, 0.3) is 0 Å². The number of hydrogen-bond donors (Lipinski definition) is 0. The van der Waals surface area contributed by atoms with Crippen molar-refractivity contribution in [3.63, 3.8) is 0 Å². The largest absolute Gasteiger partial charge is 0.466 e. The van der Waals surface area contributed by atoms with Gasteiger partial charge in [-0.25, -0.2) is 9.59 Å². The molecule has 0 fully saturated rings. The van der Waals surface area contributed by atoms with Crippen molar-refractivity contribution >= 4 is 11.9 Å². The Morgan fingerprint density at radius 2 is 1.14 bits per heavy atom. The lowest BCUT2D eigenvalue weighted by Crippen LogP contribution is -2.08. The predicted octanol–water partition coefficient (Wildman–Crippen LogP) is 10.6. The molecule has 0 saturated heterocycles. The molecule has 2 aliphatic carbocycles. The molecule has 42 heavy (non-hydrogen) atoms. The second-order valence-electron chi connectivity index (χ2n) is 11.8. The van der Waals surface area contributed by atoms with Gasteiger partial charge in [0.15, 0.2) is 0 Å². The van der Waals surface area contributed by atoms with Crippen LogP contribution in [0.3, 0.4) is 0 Å². The van der Waals surface area contributed by atoms with Crippen LogP contribution in [-0.2, 0) is 19.1 Å². The van der Waals surface area contributed by atoms with Crippen molar-refractivity contribution < 1.29 is 19.1 Å². The monoisotopic (exact) mass is 576 g/mol. The lowest BCUT2D eigenvalue weighted by molar-refractivity contribution is -0.137. The summed E-state index contributed by atoms with van der Waals surface area (Å²) < 4.78 is 9.53. The van der Waals surface area contributed by atoms with Crippen LogP contribution in [0.4, 0.5) is 0 Å². The Bertz CT molecular complexity index is 1120. The van der Waals surface area contributed by atoms with Crippen molar-refractivity contribution in [1.82, 2.24) is 0 Å². The van der Waals surface area contributed by atoms with Gasteiger partial charge in [-0.3, -0.25) is 0 Å². The van der Waals surface area contributed by atoms with Gasteiger partial charge in [-0.15, -0.1) is 0 Å². The highest BCUT2D eigenvalue weighted by Crippen LogP contribution is 2.24. The molecule has 0 radical (unpaired) electrons. The van der Waals surface area contributed by atoms with E-state index < -0.39 is 0 Å². The summed E-state index contributed by atoms with van der Waals surface area (Å²) in [6.07, 6.45) is 29.7. The molecule has 0 unspecified atom stereocenters. The molecule has 0 atom stereocenters. The van der Waals surface area contributed by atoms with E-state index >= 15 is 0 Å². The molecule has 0 heterocycles. The van der Waals surface area contributed by atoms with Crippen molar-refractivity contribution in [2.24, 2.45) is 0 Å². The molecule has 0 saturated carbocycles. The summed E-state index contributed by atoms with van der Waals surface area (Å²) in [7, 11) is 2.88. The minimum atomic E-state index is -0.194. The maximum atomic E-state index is 11.5. The van der Waals surface area contributed by atoms with E-state index in [9.17, 15) is 9.59 Å². The van der Waals surface area contributed by atoms with Crippen molar-refractivity contribution in [2.75, 3.05) is 14.2 Å². The van der Waals surface area contributed by atoms with E-state index in [1.54, 1.807) is 0 Å². The fourth-order valence-corrected chi connectivity index (χ4v) is 4.80. The molecule has 4 heteroatoms. The van der Waals surface area contributed by atoms with E-state index in [1.165, 1.54) is 47.7 Å². The first-order valence-electron chi connectivity index (χ1n) is 15.5. The molecule has 4 nitrogen and oxygen atoms in total. The van der Waals surface area contributed by atoms with Crippen molar-refractivity contribution in [1.29, 1.82) is 0 Å². The van der Waals surface area contributed by atoms with Crippen LogP contribution in [0.5, 0.6) is 0 Å². The third-order valence-corrected chi connectivity index (χ3v) is 7.40. The number of methoxy groups -OCH3 is 2. The maximum absolute atomic E-state index is 11.5. The highest BCUT2D eigenvalue weighted by Gasteiger charge is 2.14. The Morgan fingerprint density at radius 3 is 1.62 bits per heavy atom. The Labute approximate surface area is 256 Å². The Kier molecular flexibility index (Phi) is 18.9. The average molecular weight is 577 g/mol. The Hall–Kier alpha value is -3.14. The average Bonchev–Trinajstić information content (AvgIpc) is 2.97. The number of carbonyl (C=O) groups excluding carboxylic acids is 2. The van der Waals surface area contributed by atoms with Crippen molar-refractivity contribution in [2.45, 2.75) is 119 Å². The summed E-state index contributed by atoms with van der Waals surface area (Å²) in [5, 5.41) is 0. The van der Waals surface area contributed by atoms with Gasteiger partial charge in [-0.1, -0.05) is 82.0 Å². The fourth-order valence-electron chi connectivity index (χ4n) is 4.80. The number of carbonyl (C=O) groups is 2. The van der Waals surface area contributed by atoms with Crippen LogP contribution in [0, 0.1) is 0 Å². The van der Waals surface area contributed by atoms with Crippen LogP contribution in [-0.4, -0.2) is 26.2 Å². The van der Waals surface area contributed by atoms with E-state index in [0.29, 0.717) is 6.42 Å².